The number of terminal acetylenes is 1. The van der Waals surface area contributed by atoms with Gasteiger partial charge in [-0.15, -0.1) is 17.8 Å². The molecular weight excluding hydrogens is 320 g/mol. The zero-order chi connectivity index (χ0) is 17.3. The maximum Gasteiger partial charge on any atom is 0.263 e. The molecule has 0 aliphatic heterocycles. The molecule has 0 fully saturated rings. The summed E-state index contributed by atoms with van der Waals surface area (Å²) < 4.78 is 7.06. The van der Waals surface area contributed by atoms with Gasteiger partial charge < -0.3 is 4.74 Å². The van der Waals surface area contributed by atoms with Gasteiger partial charge in [0, 0.05) is 22.9 Å². The van der Waals surface area contributed by atoms with Crippen LogP contribution in [0.4, 0.5) is 0 Å². The molecule has 0 aliphatic rings. The van der Waals surface area contributed by atoms with Gasteiger partial charge in [0.25, 0.3) is 5.56 Å². The number of hydrogen-bond acceptors (Lipinski definition) is 4. The summed E-state index contributed by atoms with van der Waals surface area (Å²) in [6.07, 6.45) is 6.09. The second-order valence-electron chi connectivity index (χ2n) is 5.51. The van der Waals surface area contributed by atoms with Crippen LogP contribution in [0.2, 0.25) is 0 Å². The Morgan fingerprint density at radius 2 is 2.17 bits per heavy atom. The first-order valence-electron chi connectivity index (χ1n) is 7.70. The van der Waals surface area contributed by atoms with Gasteiger partial charge in [-0.25, -0.2) is 4.98 Å². The van der Waals surface area contributed by atoms with E-state index in [9.17, 15) is 4.79 Å². The van der Waals surface area contributed by atoms with Crippen molar-refractivity contribution in [1.82, 2.24) is 9.55 Å². The molecule has 0 unspecified atom stereocenters. The van der Waals surface area contributed by atoms with Crippen LogP contribution in [0.25, 0.3) is 21.3 Å². The van der Waals surface area contributed by atoms with Crippen LogP contribution in [0.5, 0.6) is 5.75 Å². The summed E-state index contributed by atoms with van der Waals surface area (Å²) >= 11 is 1.47. The molecule has 0 radical (unpaired) electrons. The second-order valence-corrected chi connectivity index (χ2v) is 6.37. The van der Waals surface area contributed by atoms with E-state index in [2.05, 4.69) is 10.9 Å². The molecule has 0 saturated carbocycles. The van der Waals surface area contributed by atoms with Gasteiger partial charge in [-0.05, 0) is 19.1 Å². The number of aryl methyl sites for hydroxylation is 2. The van der Waals surface area contributed by atoms with E-state index in [4.69, 9.17) is 11.2 Å². The molecule has 0 saturated heterocycles. The van der Waals surface area contributed by atoms with Crippen molar-refractivity contribution in [3.8, 4) is 29.2 Å². The summed E-state index contributed by atoms with van der Waals surface area (Å²) in [5.41, 5.74) is 2.77. The predicted octanol–water partition coefficient (Wildman–Crippen LogP) is 3.64. The number of benzene rings is 1. The lowest BCUT2D eigenvalue weighted by molar-refractivity contribution is 0.416. The van der Waals surface area contributed by atoms with Crippen LogP contribution in [0.1, 0.15) is 18.3 Å². The Balaban J connectivity index is 2.36. The largest absolute Gasteiger partial charge is 0.496 e. The molecule has 0 atom stereocenters. The molecule has 2 heterocycles. The van der Waals surface area contributed by atoms with Crippen molar-refractivity contribution in [3.05, 3.63) is 45.3 Å². The quantitative estimate of drug-likeness (QED) is 0.682. The van der Waals surface area contributed by atoms with E-state index in [-0.39, 0.29) is 12.1 Å². The lowest BCUT2D eigenvalue weighted by Crippen LogP contribution is -2.24. The summed E-state index contributed by atoms with van der Waals surface area (Å²) in [5.74, 6) is 4.01. The molecule has 2 aromatic heterocycles. The highest BCUT2D eigenvalue weighted by molar-refractivity contribution is 7.17. The maximum atomic E-state index is 13.0. The van der Waals surface area contributed by atoms with Crippen LogP contribution < -0.4 is 10.3 Å². The van der Waals surface area contributed by atoms with Gasteiger partial charge in [0.2, 0.25) is 0 Å². The van der Waals surface area contributed by atoms with Gasteiger partial charge in [-0.2, -0.15) is 0 Å². The first kappa shape index (κ1) is 16.3. The maximum absolute atomic E-state index is 13.0. The monoisotopic (exact) mass is 338 g/mol. The highest BCUT2D eigenvalue weighted by atomic mass is 32.1. The Bertz CT molecular complexity index is 1010. The fourth-order valence-electron chi connectivity index (χ4n) is 2.82. The Hall–Kier alpha value is -2.58. The molecule has 0 spiro atoms. The Kier molecular flexibility index (Phi) is 4.41. The van der Waals surface area contributed by atoms with Crippen LogP contribution in [0.15, 0.2) is 28.4 Å². The van der Waals surface area contributed by atoms with Gasteiger partial charge in [0.1, 0.15) is 16.4 Å². The summed E-state index contributed by atoms with van der Waals surface area (Å²) in [5, 5.41) is 2.58. The molecule has 1 aromatic carbocycles. The number of hydrogen-bond donors (Lipinski definition) is 0. The normalized spacial score (nSPS) is 10.8. The number of nitrogens with zero attached hydrogens (tertiary/aromatic N) is 2. The van der Waals surface area contributed by atoms with Crippen molar-refractivity contribution in [2.75, 3.05) is 7.11 Å². The van der Waals surface area contributed by atoms with Crippen LogP contribution >= 0.6 is 11.3 Å². The van der Waals surface area contributed by atoms with E-state index < -0.39 is 0 Å². The van der Waals surface area contributed by atoms with E-state index in [1.807, 2.05) is 37.4 Å². The van der Waals surface area contributed by atoms with E-state index in [0.717, 1.165) is 33.1 Å². The highest BCUT2D eigenvalue weighted by Gasteiger charge is 2.18. The van der Waals surface area contributed by atoms with Gasteiger partial charge >= 0.3 is 0 Å². The van der Waals surface area contributed by atoms with E-state index >= 15 is 0 Å². The molecule has 24 heavy (non-hydrogen) atoms. The molecule has 0 aliphatic carbocycles. The topological polar surface area (TPSA) is 44.1 Å². The molecule has 5 heteroatoms. The smallest absolute Gasteiger partial charge is 0.263 e. The Labute approximate surface area is 144 Å². The van der Waals surface area contributed by atoms with Crippen molar-refractivity contribution in [1.29, 1.82) is 0 Å². The molecule has 3 aromatic rings. The first-order valence-corrected chi connectivity index (χ1v) is 8.58. The fourth-order valence-corrected chi connectivity index (χ4v) is 3.77. The Morgan fingerprint density at radius 3 is 2.83 bits per heavy atom. The third-order valence-corrected chi connectivity index (χ3v) is 4.86. The van der Waals surface area contributed by atoms with E-state index in [0.29, 0.717) is 11.8 Å². The number of aromatic nitrogens is 2. The van der Waals surface area contributed by atoms with Crippen molar-refractivity contribution in [3.63, 3.8) is 0 Å². The molecule has 4 nitrogen and oxygen atoms in total. The van der Waals surface area contributed by atoms with Crippen molar-refractivity contribution in [2.45, 2.75) is 26.8 Å². The van der Waals surface area contributed by atoms with Gasteiger partial charge in [0.05, 0.1) is 19.0 Å². The average Bonchev–Trinajstić information content (AvgIpc) is 3.01. The summed E-state index contributed by atoms with van der Waals surface area (Å²) in [7, 11) is 1.63. The number of methoxy groups -OCH3 is 1. The molecule has 0 bridgehead atoms. The highest BCUT2D eigenvalue weighted by Crippen LogP contribution is 2.37. The first-order chi connectivity index (χ1) is 11.6. The fraction of sp³-hybridized carbons (Fsp3) is 0.263. The van der Waals surface area contributed by atoms with Crippen LogP contribution in [0.3, 0.4) is 0 Å². The minimum absolute atomic E-state index is 0.0883. The Morgan fingerprint density at radius 1 is 1.38 bits per heavy atom. The van der Waals surface area contributed by atoms with E-state index in [1.165, 1.54) is 11.3 Å². The third-order valence-electron chi connectivity index (χ3n) is 3.98. The van der Waals surface area contributed by atoms with Crippen molar-refractivity contribution in [2.24, 2.45) is 0 Å². The molecule has 3 rings (SSSR count). The zero-order valence-electron chi connectivity index (χ0n) is 13.9. The number of thiophene rings is 1. The number of fused-ring (bicyclic) bond motifs is 1. The molecule has 0 amide bonds. The SMILES string of the molecule is C#CCn1c(CC)nc2scc(-c3cc(C)ccc3OC)c2c1=O. The van der Waals surface area contributed by atoms with Gasteiger partial charge in [-0.3, -0.25) is 9.36 Å². The average molecular weight is 338 g/mol. The van der Waals surface area contributed by atoms with Crippen molar-refractivity contribution < 1.29 is 4.74 Å². The second kappa shape index (κ2) is 6.50. The minimum atomic E-state index is -0.0883. The lowest BCUT2D eigenvalue weighted by atomic mass is 10.0. The number of rotatable bonds is 4. The zero-order valence-corrected chi connectivity index (χ0v) is 14.7. The van der Waals surface area contributed by atoms with Gasteiger partial charge in [0.15, 0.2) is 0 Å². The molecular formula is C19H18N2O2S. The van der Waals surface area contributed by atoms with E-state index in [1.54, 1.807) is 11.7 Å². The summed E-state index contributed by atoms with van der Waals surface area (Å²) in [4.78, 5) is 18.4. The van der Waals surface area contributed by atoms with Crippen molar-refractivity contribution >= 4 is 21.6 Å². The summed E-state index contributed by atoms with van der Waals surface area (Å²) in [6.45, 7) is 4.21. The predicted molar refractivity (Wildman–Crippen MR) is 98.8 cm³/mol. The lowest BCUT2D eigenvalue weighted by Gasteiger charge is -2.11. The molecule has 0 N–H and O–H groups in total. The number of ether oxygens (including phenoxy) is 1. The minimum Gasteiger partial charge on any atom is -0.496 e. The van der Waals surface area contributed by atoms with Crippen LogP contribution in [0, 0.1) is 19.3 Å². The summed E-state index contributed by atoms with van der Waals surface area (Å²) in [6, 6.07) is 5.93. The van der Waals surface area contributed by atoms with Gasteiger partial charge in [-0.1, -0.05) is 24.5 Å². The van der Waals surface area contributed by atoms with Crippen LogP contribution in [-0.2, 0) is 13.0 Å². The third kappa shape index (κ3) is 2.59. The van der Waals surface area contributed by atoms with Crippen LogP contribution in [-0.4, -0.2) is 16.7 Å². The molecule has 122 valence electrons. The standard InChI is InChI=1S/C19H18N2O2S/c1-5-9-21-16(6-2)20-18-17(19(21)22)14(11-24-18)13-10-12(3)7-8-15(13)23-4/h1,7-8,10-11H,6,9H2,2-4H3.